The van der Waals surface area contributed by atoms with E-state index in [9.17, 15) is 15.3 Å². The number of aliphatic hydroxyl groups excluding tert-OH is 1. The van der Waals surface area contributed by atoms with Gasteiger partial charge in [0.05, 0.1) is 44.6 Å². The van der Waals surface area contributed by atoms with E-state index in [4.69, 9.17) is 38.0 Å². The van der Waals surface area contributed by atoms with E-state index in [1.807, 2.05) is 0 Å². The highest BCUT2D eigenvalue weighted by molar-refractivity contribution is 5.57. The van der Waals surface area contributed by atoms with Gasteiger partial charge in [0.1, 0.15) is 13.1 Å². The van der Waals surface area contributed by atoms with Crippen LogP contribution in [0.15, 0.2) is 54.6 Å². The van der Waals surface area contributed by atoms with Gasteiger partial charge in [-0.2, -0.15) is 0 Å². The van der Waals surface area contributed by atoms with Crippen LogP contribution < -0.4 is 28.4 Å². The maximum absolute atomic E-state index is 10.6. The lowest BCUT2D eigenvalue weighted by atomic mass is 9.94. The molecule has 4 aromatic carbocycles. The van der Waals surface area contributed by atoms with Gasteiger partial charge in [-0.15, -0.1) is 0 Å². The molecule has 0 amide bonds. The lowest BCUT2D eigenvalue weighted by molar-refractivity contribution is 0.205. The molecule has 9 heteroatoms. The Morgan fingerprint density at radius 1 is 0.581 bits per heavy atom. The molecule has 0 atom stereocenters. The molecule has 0 fully saturated rings. The molecule has 0 aromatic heterocycles. The number of rotatable bonds is 10. The largest absolute Gasteiger partial charge is 0.504 e. The van der Waals surface area contributed by atoms with Gasteiger partial charge in [-0.05, 0) is 107 Å². The highest BCUT2D eigenvalue weighted by Gasteiger charge is 2.21. The van der Waals surface area contributed by atoms with E-state index in [1.54, 1.807) is 30.3 Å². The fraction of sp³-hybridized carbons (Fsp3) is 0.294. The average Bonchev–Trinajstić information content (AvgIpc) is 3.09. The molecule has 4 aromatic rings. The molecule has 3 N–H and O–H groups in total. The quantitative estimate of drug-likeness (QED) is 0.201. The summed E-state index contributed by atoms with van der Waals surface area (Å²) >= 11 is 0. The van der Waals surface area contributed by atoms with Gasteiger partial charge in [0, 0.05) is 0 Å². The summed E-state index contributed by atoms with van der Waals surface area (Å²) in [5.74, 6) is -0.569. The van der Waals surface area contributed by atoms with Gasteiger partial charge in [-0.3, -0.25) is 0 Å². The SMILES string of the molecule is [2H]C([2H])([2H])Oc1cc(CO)ccc1OC([2H])([2H])C([2H])([2H])Oc1cc2c(cc1OC)Cc1cc(O)c(OC)cc1Cc1cc(O)c(OC)cc1C2. The Balaban J connectivity index is 1.57. The Morgan fingerprint density at radius 2 is 1.02 bits per heavy atom. The zero-order chi connectivity index (χ0) is 36.6. The first-order valence-corrected chi connectivity index (χ1v) is 13.3. The number of fused-ring (bicyclic) bond motifs is 3. The van der Waals surface area contributed by atoms with Crippen LogP contribution in [0.2, 0.25) is 0 Å². The Labute approximate surface area is 260 Å². The van der Waals surface area contributed by atoms with Crippen molar-refractivity contribution in [2.24, 2.45) is 0 Å². The van der Waals surface area contributed by atoms with Gasteiger partial charge in [0.2, 0.25) is 0 Å². The van der Waals surface area contributed by atoms with Crippen LogP contribution >= 0.6 is 0 Å². The van der Waals surface area contributed by atoms with Gasteiger partial charge in [0.15, 0.2) is 46.0 Å². The second kappa shape index (κ2) is 13.0. The summed E-state index contributed by atoms with van der Waals surface area (Å²) in [6.45, 7) is -6.91. The number of hydrogen-bond donors (Lipinski definition) is 3. The summed E-state index contributed by atoms with van der Waals surface area (Å²) in [5.41, 5.74) is 4.74. The molecule has 1 aliphatic rings. The predicted molar refractivity (Wildman–Crippen MR) is 161 cm³/mol. The minimum Gasteiger partial charge on any atom is -0.504 e. The van der Waals surface area contributed by atoms with Crippen molar-refractivity contribution in [1.29, 1.82) is 0 Å². The number of ether oxygens (including phenoxy) is 6. The van der Waals surface area contributed by atoms with E-state index >= 15 is 0 Å². The summed E-state index contributed by atoms with van der Waals surface area (Å²) in [4.78, 5) is 0. The second-order valence-corrected chi connectivity index (χ2v) is 9.84. The Morgan fingerprint density at radius 3 is 1.51 bits per heavy atom. The van der Waals surface area contributed by atoms with E-state index in [-0.39, 0.29) is 46.5 Å². The fourth-order valence-corrected chi connectivity index (χ4v) is 5.09. The summed E-state index contributed by atoms with van der Waals surface area (Å²) in [6.07, 6.45) is 0.946. The zero-order valence-electron chi connectivity index (χ0n) is 30.8. The van der Waals surface area contributed by atoms with Gasteiger partial charge in [-0.25, -0.2) is 0 Å². The van der Waals surface area contributed by atoms with Crippen LogP contribution in [-0.2, 0) is 25.9 Å². The summed E-state index contributed by atoms with van der Waals surface area (Å²) < 4.78 is 89.0. The minimum absolute atomic E-state index is 0.0642. The lowest BCUT2D eigenvalue weighted by Gasteiger charge is -2.18. The lowest BCUT2D eigenvalue weighted by Crippen LogP contribution is -2.11. The fourth-order valence-electron chi connectivity index (χ4n) is 5.09. The van der Waals surface area contributed by atoms with E-state index in [0.29, 0.717) is 18.4 Å². The van der Waals surface area contributed by atoms with Crippen LogP contribution in [0.4, 0.5) is 0 Å². The molecule has 0 saturated heterocycles. The third-order valence-corrected chi connectivity index (χ3v) is 7.30. The van der Waals surface area contributed by atoms with Gasteiger partial charge in [-0.1, -0.05) is 6.07 Å². The van der Waals surface area contributed by atoms with Crippen LogP contribution in [0.25, 0.3) is 0 Å². The van der Waals surface area contributed by atoms with E-state index < -0.39 is 38.3 Å². The normalized spacial score (nSPS) is 15.4. The molecule has 226 valence electrons. The minimum atomic E-state index is -3.24. The van der Waals surface area contributed by atoms with Crippen LogP contribution in [0, 0.1) is 0 Å². The maximum Gasteiger partial charge on any atom is 0.161 e. The Bertz CT molecular complexity index is 1890. The van der Waals surface area contributed by atoms with Crippen molar-refractivity contribution >= 4 is 0 Å². The van der Waals surface area contributed by atoms with Crippen molar-refractivity contribution in [2.45, 2.75) is 25.9 Å². The van der Waals surface area contributed by atoms with Crippen LogP contribution in [0.1, 0.15) is 48.5 Å². The molecule has 0 saturated carbocycles. The van der Waals surface area contributed by atoms with Crippen LogP contribution in [0.3, 0.4) is 0 Å². The first-order chi connectivity index (χ1) is 23.5. The smallest absolute Gasteiger partial charge is 0.161 e. The highest BCUT2D eigenvalue weighted by Crippen LogP contribution is 2.40. The van der Waals surface area contributed by atoms with Gasteiger partial charge < -0.3 is 43.7 Å². The number of hydrogen-bond acceptors (Lipinski definition) is 9. The molecule has 9 nitrogen and oxygen atoms in total. The zero-order valence-corrected chi connectivity index (χ0v) is 23.8. The van der Waals surface area contributed by atoms with Crippen molar-refractivity contribution in [3.05, 3.63) is 93.5 Å². The number of aliphatic hydroxyl groups is 1. The van der Waals surface area contributed by atoms with Crippen LogP contribution in [0.5, 0.6) is 46.0 Å². The summed E-state index contributed by atoms with van der Waals surface area (Å²) in [6, 6.07) is 13.5. The number of methoxy groups -OCH3 is 4. The average molecular weight is 596 g/mol. The molecule has 0 heterocycles. The first kappa shape index (κ1) is 21.9. The van der Waals surface area contributed by atoms with Crippen molar-refractivity contribution in [3.63, 3.8) is 0 Å². The van der Waals surface area contributed by atoms with Gasteiger partial charge in [0.25, 0.3) is 0 Å². The molecule has 0 aliphatic heterocycles. The van der Waals surface area contributed by atoms with E-state index in [0.717, 1.165) is 39.9 Å². The van der Waals surface area contributed by atoms with E-state index in [2.05, 4.69) is 0 Å². The molecule has 0 bridgehead atoms. The van der Waals surface area contributed by atoms with Gasteiger partial charge >= 0.3 is 0 Å². The van der Waals surface area contributed by atoms with Crippen molar-refractivity contribution in [2.75, 3.05) is 41.5 Å². The molecule has 0 unspecified atom stereocenters. The number of aromatic hydroxyl groups is 2. The summed E-state index contributed by atoms with van der Waals surface area (Å²) in [5, 5.41) is 30.8. The molecule has 43 heavy (non-hydrogen) atoms. The third-order valence-electron chi connectivity index (χ3n) is 7.30. The van der Waals surface area contributed by atoms with Crippen molar-refractivity contribution in [3.8, 4) is 46.0 Å². The first-order valence-electron chi connectivity index (χ1n) is 16.8. The molecule has 1 aliphatic carbocycles. The number of phenolic OH excluding ortho intramolecular Hbond substituents is 2. The molecule has 5 rings (SSSR count). The number of phenols is 2. The topological polar surface area (TPSA) is 116 Å². The third kappa shape index (κ3) is 6.36. The maximum atomic E-state index is 10.6. The number of benzene rings is 4. The van der Waals surface area contributed by atoms with Crippen molar-refractivity contribution in [1.82, 2.24) is 0 Å². The Hall–Kier alpha value is -4.76. The van der Waals surface area contributed by atoms with E-state index in [1.165, 1.54) is 33.5 Å². The monoisotopic (exact) mass is 595 g/mol. The second-order valence-electron chi connectivity index (χ2n) is 9.84. The molecule has 0 radical (unpaired) electrons. The van der Waals surface area contributed by atoms with Crippen LogP contribution in [-0.4, -0.2) is 56.8 Å². The Kier molecular flexibility index (Phi) is 6.63. The standard InChI is InChI=1S/C34H36O9/c1-38-30-15-23-10-21-13-27(36)31(39-2)16-24(21)12-26-18-34(33(41-4)17-25(26)11-22(23)14-28(30)37)43-8-7-42-29-6-5-20(19-35)9-32(29)40-3/h5-6,9,13-18,35-37H,7-8,10-12,19H2,1-4H3/i3D3,7D2,8D2. The predicted octanol–water partition coefficient (Wildman–Crippen LogP) is 5.17. The molecular formula is C34H36O9. The summed E-state index contributed by atoms with van der Waals surface area (Å²) in [7, 11) is 1.28. The molecule has 0 spiro atoms. The highest BCUT2D eigenvalue weighted by atomic mass is 16.5. The molecular weight excluding hydrogens is 552 g/mol. The van der Waals surface area contributed by atoms with Crippen molar-refractivity contribution < 1.29 is 53.3 Å².